The molecule has 2 rings (SSSR count). The van der Waals surface area contributed by atoms with Crippen molar-refractivity contribution in [3.8, 4) is 0 Å². The Kier molecular flexibility index (Phi) is 2.10. The molecule has 2 fully saturated rings. The van der Waals surface area contributed by atoms with Crippen LogP contribution in [0.25, 0.3) is 0 Å². The van der Waals surface area contributed by atoms with Gasteiger partial charge in [-0.15, -0.1) is 0 Å². The second-order valence-corrected chi connectivity index (χ2v) is 4.01. The van der Waals surface area contributed by atoms with Crippen LogP contribution in [0, 0.1) is 11.8 Å². The van der Waals surface area contributed by atoms with E-state index in [4.69, 9.17) is 4.74 Å². The minimum Gasteiger partial charge on any atom is -0.462 e. The summed E-state index contributed by atoms with van der Waals surface area (Å²) in [4.78, 5) is 22.3. The molecule has 0 aliphatic heterocycles. The minimum atomic E-state index is -0.261. The van der Waals surface area contributed by atoms with Gasteiger partial charge in [0.2, 0.25) is 0 Å². The van der Waals surface area contributed by atoms with Crippen molar-refractivity contribution in [2.75, 3.05) is 0 Å². The van der Waals surface area contributed by atoms with Gasteiger partial charge in [0.05, 0.1) is 5.92 Å². The van der Waals surface area contributed by atoms with Gasteiger partial charge in [-0.05, 0) is 25.7 Å². The van der Waals surface area contributed by atoms with Gasteiger partial charge in [-0.2, -0.15) is 0 Å². The topological polar surface area (TPSA) is 43.4 Å². The standard InChI is InChI=1S/C10H14O3/c1-6(11)13-9-5-3-7-2-4-8(9)10(7)12/h7-9H,2-5H2,1H3/t7-,8+,9-/m1/s1. The number of Topliss-reactive ketones (excluding diaryl/α,β-unsaturated/α-hetero) is 1. The maximum atomic E-state index is 11.6. The zero-order valence-corrected chi connectivity index (χ0v) is 7.79. The molecule has 2 bridgehead atoms. The highest BCUT2D eigenvalue weighted by Crippen LogP contribution is 2.40. The number of carbonyl (C=O) groups is 2. The first-order valence-electron chi connectivity index (χ1n) is 4.89. The fourth-order valence-electron chi connectivity index (χ4n) is 2.54. The van der Waals surface area contributed by atoms with Crippen LogP contribution in [0.4, 0.5) is 0 Å². The molecule has 0 heterocycles. The Morgan fingerprint density at radius 3 is 2.69 bits per heavy atom. The lowest BCUT2D eigenvalue weighted by Gasteiger charge is -2.26. The molecule has 2 saturated carbocycles. The fraction of sp³-hybridized carbons (Fsp3) is 0.800. The van der Waals surface area contributed by atoms with Gasteiger partial charge < -0.3 is 4.74 Å². The van der Waals surface area contributed by atoms with E-state index < -0.39 is 0 Å². The number of ketones is 1. The molecule has 0 aromatic rings. The number of hydrogen-bond donors (Lipinski definition) is 0. The predicted octanol–water partition coefficient (Wildman–Crippen LogP) is 1.31. The summed E-state index contributed by atoms with van der Waals surface area (Å²) >= 11 is 0. The van der Waals surface area contributed by atoms with E-state index >= 15 is 0 Å². The molecule has 13 heavy (non-hydrogen) atoms. The second kappa shape index (κ2) is 3.13. The third-order valence-electron chi connectivity index (χ3n) is 3.16. The number of hydrogen-bond acceptors (Lipinski definition) is 3. The zero-order chi connectivity index (χ0) is 9.42. The molecule has 72 valence electrons. The lowest BCUT2D eigenvalue weighted by molar-refractivity contribution is -0.153. The van der Waals surface area contributed by atoms with Crippen molar-refractivity contribution < 1.29 is 14.3 Å². The number of fused-ring (bicyclic) bond motifs is 2. The van der Waals surface area contributed by atoms with Gasteiger partial charge >= 0.3 is 5.97 Å². The quantitative estimate of drug-likeness (QED) is 0.574. The maximum absolute atomic E-state index is 11.6. The molecule has 3 heteroatoms. The van der Waals surface area contributed by atoms with E-state index in [9.17, 15) is 9.59 Å². The highest BCUT2D eigenvalue weighted by molar-refractivity contribution is 5.87. The van der Waals surface area contributed by atoms with Gasteiger partial charge in [-0.25, -0.2) is 0 Å². The van der Waals surface area contributed by atoms with Crippen molar-refractivity contribution >= 4 is 11.8 Å². The fourth-order valence-corrected chi connectivity index (χ4v) is 2.54. The summed E-state index contributed by atoms with van der Waals surface area (Å²) < 4.78 is 5.13. The van der Waals surface area contributed by atoms with E-state index in [1.807, 2.05) is 0 Å². The Hall–Kier alpha value is -0.860. The molecule has 3 nitrogen and oxygen atoms in total. The van der Waals surface area contributed by atoms with Gasteiger partial charge in [0.1, 0.15) is 11.9 Å². The van der Waals surface area contributed by atoms with Gasteiger partial charge in [-0.3, -0.25) is 9.59 Å². The van der Waals surface area contributed by atoms with Crippen LogP contribution in [0.3, 0.4) is 0 Å². The number of esters is 1. The first kappa shape index (κ1) is 8.73. The first-order chi connectivity index (χ1) is 6.18. The Balaban J connectivity index is 2.06. The van der Waals surface area contributed by atoms with Crippen LogP contribution in [0.15, 0.2) is 0 Å². The molecule has 0 N–H and O–H groups in total. The van der Waals surface area contributed by atoms with Crippen molar-refractivity contribution in [1.82, 2.24) is 0 Å². The minimum absolute atomic E-state index is 0.0163. The molecule has 0 amide bonds. The van der Waals surface area contributed by atoms with E-state index in [0.717, 1.165) is 25.7 Å². The summed E-state index contributed by atoms with van der Waals surface area (Å²) in [7, 11) is 0. The van der Waals surface area contributed by atoms with E-state index in [-0.39, 0.29) is 23.9 Å². The largest absolute Gasteiger partial charge is 0.462 e. The molecule has 0 unspecified atom stereocenters. The molecule has 2 aliphatic rings. The van der Waals surface area contributed by atoms with Crippen LogP contribution in [0.5, 0.6) is 0 Å². The van der Waals surface area contributed by atoms with Gasteiger partial charge in [-0.1, -0.05) is 0 Å². The van der Waals surface area contributed by atoms with Crippen molar-refractivity contribution in [2.24, 2.45) is 11.8 Å². The van der Waals surface area contributed by atoms with Crippen molar-refractivity contribution in [3.05, 3.63) is 0 Å². The predicted molar refractivity (Wildman–Crippen MR) is 46.0 cm³/mol. The second-order valence-electron chi connectivity index (χ2n) is 4.01. The van der Waals surface area contributed by atoms with E-state index in [1.54, 1.807) is 0 Å². The molecule has 0 aromatic carbocycles. The number of ether oxygens (including phenoxy) is 1. The molecule has 0 aromatic heterocycles. The van der Waals surface area contributed by atoms with E-state index in [2.05, 4.69) is 0 Å². The van der Waals surface area contributed by atoms with Gasteiger partial charge in [0, 0.05) is 12.8 Å². The highest BCUT2D eigenvalue weighted by Gasteiger charge is 2.44. The average molecular weight is 182 g/mol. The van der Waals surface area contributed by atoms with Crippen molar-refractivity contribution in [3.63, 3.8) is 0 Å². The molecule has 3 atom stereocenters. The van der Waals surface area contributed by atoms with Crippen LogP contribution < -0.4 is 0 Å². The zero-order valence-electron chi connectivity index (χ0n) is 7.79. The third-order valence-corrected chi connectivity index (χ3v) is 3.16. The summed E-state index contributed by atoms with van der Waals surface area (Å²) in [6, 6.07) is 0. The Morgan fingerprint density at radius 1 is 1.31 bits per heavy atom. The summed E-state index contributed by atoms with van der Waals surface area (Å²) in [5.74, 6) is 0.361. The van der Waals surface area contributed by atoms with Crippen LogP contribution in [0.1, 0.15) is 32.6 Å². The molecular weight excluding hydrogens is 168 g/mol. The summed E-state index contributed by atoms with van der Waals surface area (Å²) in [5, 5.41) is 0. The van der Waals surface area contributed by atoms with Crippen LogP contribution >= 0.6 is 0 Å². The lowest BCUT2D eigenvalue weighted by Crippen LogP contribution is -2.35. The Labute approximate surface area is 77.4 Å². The first-order valence-corrected chi connectivity index (χ1v) is 4.89. The summed E-state index contributed by atoms with van der Waals surface area (Å²) in [6.45, 7) is 1.41. The van der Waals surface area contributed by atoms with Crippen molar-refractivity contribution in [1.29, 1.82) is 0 Å². The van der Waals surface area contributed by atoms with E-state index in [0.29, 0.717) is 5.78 Å². The molecule has 0 saturated heterocycles. The van der Waals surface area contributed by atoms with E-state index in [1.165, 1.54) is 6.92 Å². The number of rotatable bonds is 1. The molecular formula is C10H14O3. The molecule has 0 radical (unpaired) electrons. The van der Waals surface area contributed by atoms with Gasteiger partial charge in [0.15, 0.2) is 0 Å². The Bertz CT molecular complexity index is 247. The molecule has 2 aliphatic carbocycles. The maximum Gasteiger partial charge on any atom is 0.302 e. The normalized spacial score (nSPS) is 37.6. The smallest absolute Gasteiger partial charge is 0.302 e. The average Bonchev–Trinajstić information content (AvgIpc) is 2.31. The SMILES string of the molecule is CC(=O)O[C@@H]1CC[C@H]2CC[C@@H]1C2=O. The van der Waals surface area contributed by atoms with Crippen LogP contribution in [0.2, 0.25) is 0 Å². The van der Waals surface area contributed by atoms with Gasteiger partial charge in [0.25, 0.3) is 0 Å². The van der Waals surface area contributed by atoms with Crippen LogP contribution in [-0.4, -0.2) is 17.9 Å². The Morgan fingerprint density at radius 2 is 2.00 bits per heavy atom. The van der Waals surface area contributed by atoms with Crippen LogP contribution in [-0.2, 0) is 14.3 Å². The lowest BCUT2D eigenvalue weighted by atomic mass is 9.85. The number of carbonyl (C=O) groups excluding carboxylic acids is 2. The summed E-state index contributed by atoms with van der Waals surface area (Å²) in [6.07, 6.45) is 3.58. The molecule has 0 spiro atoms. The third kappa shape index (κ3) is 1.47. The van der Waals surface area contributed by atoms with Crippen molar-refractivity contribution in [2.45, 2.75) is 38.7 Å². The highest BCUT2D eigenvalue weighted by atomic mass is 16.5. The summed E-state index contributed by atoms with van der Waals surface area (Å²) in [5.41, 5.74) is 0. The monoisotopic (exact) mass is 182 g/mol.